The van der Waals surface area contributed by atoms with Gasteiger partial charge >= 0.3 is 6.03 Å². The van der Waals surface area contributed by atoms with E-state index < -0.39 is 0 Å². The number of hydrogen-bond donors (Lipinski definition) is 1. The first-order valence-corrected chi connectivity index (χ1v) is 10.8. The van der Waals surface area contributed by atoms with Crippen molar-refractivity contribution < 1.29 is 14.1 Å². The van der Waals surface area contributed by atoms with Gasteiger partial charge in [0.25, 0.3) is 0 Å². The highest BCUT2D eigenvalue weighted by Gasteiger charge is 2.26. The molecule has 0 unspecified atom stereocenters. The van der Waals surface area contributed by atoms with Crippen molar-refractivity contribution in [2.75, 3.05) is 56.3 Å². The summed E-state index contributed by atoms with van der Waals surface area (Å²) < 4.78 is 11.0. The van der Waals surface area contributed by atoms with Gasteiger partial charge in [0, 0.05) is 50.4 Å². The molecule has 2 amide bonds. The number of amides is 2. The number of hydrogen-bond acceptors (Lipinski definition) is 6. The first-order chi connectivity index (χ1) is 13.7. The van der Waals surface area contributed by atoms with Crippen LogP contribution in [0, 0.1) is 0 Å². The van der Waals surface area contributed by atoms with Gasteiger partial charge in [-0.2, -0.15) is 11.8 Å². The quantitative estimate of drug-likeness (QED) is 0.729. The van der Waals surface area contributed by atoms with Crippen LogP contribution in [0.15, 0.2) is 34.9 Å². The molecule has 7 nitrogen and oxygen atoms in total. The van der Waals surface area contributed by atoms with Crippen LogP contribution in [0.2, 0.25) is 0 Å². The lowest BCUT2D eigenvalue weighted by Gasteiger charge is -2.28. The zero-order valence-electron chi connectivity index (χ0n) is 16.5. The van der Waals surface area contributed by atoms with E-state index in [1.165, 1.54) is 0 Å². The van der Waals surface area contributed by atoms with E-state index in [2.05, 4.69) is 15.4 Å². The Morgan fingerprint density at radius 2 is 2.07 bits per heavy atom. The summed E-state index contributed by atoms with van der Waals surface area (Å²) in [6, 6.07) is 9.87. The maximum atomic E-state index is 12.6. The lowest BCUT2D eigenvalue weighted by molar-refractivity contribution is 0.147. The first kappa shape index (κ1) is 20.5. The molecule has 3 rings (SSSR count). The molecule has 2 heterocycles. The van der Waals surface area contributed by atoms with Crippen molar-refractivity contribution in [3.05, 3.63) is 35.9 Å². The Morgan fingerprint density at radius 3 is 2.75 bits per heavy atom. The fraction of sp³-hybridized carbons (Fsp3) is 0.500. The Kier molecular flexibility index (Phi) is 7.62. The molecule has 1 aromatic carbocycles. The van der Waals surface area contributed by atoms with Crippen LogP contribution in [0.4, 0.5) is 10.7 Å². The van der Waals surface area contributed by atoms with E-state index in [1.54, 1.807) is 12.0 Å². The highest BCUT2D eigenvalue weighted by molar-refractivity contribution is 7.99. The van der Waals surface area contributed by atoms with Crippen LogP contribution < -0.4 is 10.2 Å². The average molecular weight is 405 g/mol. The Balaban J connectivity index is 1.94. The maximum absolute atomic E-state index is 12.6. The van der Waals surface area contributed by atoms with E-state index in [0.717, 1.165) is 47.3 Å². The number of carbonyl (C=O) groups is 1. The van der Waals surface area contributed by atoms with Crippen molar-refractivity contribution in [1.82, 2.24) is 15.4 Å². The van der Waals surface area contributed by atoms with E-state index in [9.17, 15) is 4.79 Å². The summed E-state index contributed by atoms with van der Waals surface area (Å²) in [5, 5.41) is 7.28. The van der Waals surface area contributed by atoms with E-state index >= 15 is 0 Å². The summed E-state index contributed by atoms with van der Waals surface area (Å²) >= 11 is 1.94. The lowest BCUT2D eigenvalue weighted by Crippen LogP contribution is -2.41. The van der Waals surface area contributed by atoms with Gasteiger partial charge in [-0.15, -0.1) is 0 Å². The summed E-state index contributed by atoms with van der Waals surface area (Å²) in [4.78, 5) is 16.6. The minimum absolute atomic E-state index is 0.111. The molecule has 1 aliphatic rings. The minimum atomic E-state index is -0.111. The normalized spacial score (nSPS) is 14.1. The number of carbonyl (C=O) groups excluding carboxylic acids is 1. The molecule has 1 saturated heterocycles. The maximum Gasteiger partial charge on any atom is 0.317 e. The summed E-state index contributed by atoms with van der Waals surface area (Å²) in [5.41, 5.74) is 2.72. The zero-order valence-corrected chi connectivity index (χ0v) is 17.3. The fourth-order valence-corrected chi connectivity index (χ4v) is 4.09. The third-order valence-electron chi connectivity index (χ3n) is 4.64. The Hall–Kier alpha value is -2.19. The SMILES string of the molecule is CCNC(=O)N(CCOC)Cc1c(-c2ccccc2)noc1N1CCSCC1. The third-order valence-corrected chi connectivity index (χ3v) is 5.58. The van der Waals surface area contributed by atoms with Crippen molar-refractivity contribution in [1.29, 1.82) is 0 Å². The standard InChI is InChI=1S/C20H28N4O3S/c1-3-21-20(25)24(9-12-26-2)15-17-18(16-7-5-4-6-8-16)22-27-19(17)23-10-13-28-14-11-23/h4-8H,3,9-15H2,1-2H3,(H,21,25). The number of urea groups is 1. The van der Waals surface area contributed by atoms with Gasteiger partial charge in [-0.05, 0) is 6.92 Å². The Bertz CT molecular complexity index is 747. The van der Waals surface area contributed by atoms with Crippen LogP contribution >= 0.6 is 11.8 Å². The summed E-state index contributed by atoms with van der Waals surface area (Å²) in [6.07, 6.45) is 0. The lowest BCUT2D eigenvalue weighted by atomic mass is 10.1. The third kappa shape index (κ3) is 4.99. The number of nitrogens with zero attached hydrogens (tertiary/aromatic N) is 3. The number of aromatic nitrogens is 1. The van der Waals surface area contributed by atoms with E-state index in [1.807, 2.05) is 49.0 Å². The second kappa shape index (κ2) is 10.4. The topological polar surface area (TPSA) is 70.8 Å². The van der Waals surface area contributed by atoms with Gasteiger partial charge in [0.15, 0.2) is 0 Å². The molecule has 8 heteroatoms. The Labute approximate surface area is 170 Å². The molecule has 2 aromatic rings. The van der Waals surface area contributed by atoms with Gasteiger partial charge in [-0.1, -0.05) is 35.5 Å². The highest BCUT2D eigenvalue weighted by Crippen LogP contribution is 2.33. The van der Waals surface area contributed by atoms with Gasteiger partial charge in [0.2, 0.25) is 5.88 Å². The summed E-state index contributed by atoms with van der Waals surface area (Å²) in [7, 11) is 1.64. The van der Waals surface area contributed by atoms with Crippen molar-refractivity contribution in [3.63, 3.8) is 0 Å². The average Bonchev–Trinajstić information content (AvgIpc) is 3.16. The van der Waals surface area contributed by atoms with Crippen LogP contribution in [0.1, 0.15) is 12.5 Å². The molecule has 0 atom stereocenters. The largest absolute Gasteiger partial charge is 0.383 e. The molecular formula is C20H28N4O3S. The molecule has 1 fully saturated rings. The van der Waals surface area contributed by atoms with Gasteiger partial charge in [0.1, 0.15) is 5.69 Å². The summed E-state index contributed by atoms with van der Waals surface area (Å²) in [6.45, 7) is 5.71. The second-order valence-electron chi connectivity index (χ2n) is 6.53. The van der Waals surface area contributed by atoms with Gasteiger partial charge in [-0.25, -0.2) is 4.79 Å². The number of methoxy groups -OCH3 is 1. The first-order valence-electron chi connectivity index (χ1n) is 9.63. The van der Waals surface area contributed by atoms with E-state index in [-0.39, 0.29) is 6.03 Å². The molecule has 1 aliphatic heterocycles. The van der Waals surface area contributed by atoms with Crippen molar-refractivity contribution in [2.45, 2.75) is 13.5 Å². The van der Waals surface area contributed by atoms with Crippen molar-refractivity contribution >= 4 is 23.7 Å². The molecule has 0 radical (unpaired) electrons. The second-order valence-corrected chi connectivity index (χ2v) is 7.75. The molecule has 28 heavy (non-hydrogen) atoms. The number of thioether (sulfide) groups is 1. The minimum Gasteiger partial charge on any atom is -0.383 e. The molecule has 152 valence electrons. The molecule has 0 saturated carbocycles. The number of benzene rings is 1. The molecule has 0 bridgehead atoms. The van der Waals surface area contributed by atoms with Crippen LogP contribution in [-0.4, -0.2) is 67.5 Å². The number of nitrogens with one attached hydrogen (secondary N) is 1. The predicted molar refractivity (Wildman–Crippen MR) is 113 cm³/mol. The molecule has 1 N–H and O–H groups in total. The van der Waals surface area contributed by atoms with Crippen molar-refractivity contribution in [2.24, 2.45) is 0 Å². The summed E-state index contributed by atoms with van der Waals surface area (Å²) in [5.74, 6) is 2.89. The van der Waals surface area contributed by atoms with Gasteiger partial charge in [0.05, 0.1) is 18.7 Å². The van der Waals surface area contributed by atoms with E-state index in [0.29, 0.717) is 26.2 Å². The van der Waals surface area contributed by atoms with Crippen LogP contribution in [0.5, 0.6) is 0 Å². The van der Waals surface area contributed by atoms with Crippen LogP contribution in [0.3, 0.4) is 0 Å². The highest BCUT2D eigenvalue weighted by atomic mass is 32.2. The Morgan fingerprint density at radius 1 is 1.32 bits per heavy atom. The van der Waals surface area contributed by atoms with Gasteiger partial charge in [-0.3, -0.25) is 0 Å². The smallest absolute Gasteiger partial charge is 0.317 e. The zero-order chi connectivity index (χ0) is 19.8. The number of anilines is 1. The molecular weight excluding hydrogens is 376 g/mol. The van der Waals surface area contributed by atoms with Crippen molar-refractivity contribution in [3.8, 4) is 11.3 Å². The molecule has 1 aromatic heterocycles. The van der Waals surface area contributed by atoms with Crippen LogP contribution in [0.25, 0.3) is 11.3 Å². The molecule has 0 spiro atoms. The van der Waals surface area contributed by atoms with E-state index in [4.69, 9.17) is 9.26 Å². The van der Waals surface area contributed by atoms with Gasteiger partial charge < -0.3 is 24.4 Å². The predicted octanol–water partition coefficient (Wildman–Crippen LogP) is 3.07. The number of ether oxygens (including phenoxy) is 1. The fourth-order valence-electron chi connectivity index (χ4n) is 3.19. The van der Waals surface area contributed by atoms with Crippen LogP contribution in [-0.2, 0) is 11.3 Å². The number of rotatable bonds is 8. The molecule has 0 aliphatic carbocycles. The monoisotopic (exact) mass is 404 g/mol.